The average molecular weight is 262 g/mol. The van der Waals surface area contributed by atoms with Gasteiger partial charge in [0.05, 0.1) is 31.2 Å². The number of nitrogens with zero attached hydrogens (tertiary/aromatic N) is 1. The monoisotopic (exact) mass is 262 g/mol. The number of fused-ring (bicyclic) bond motifs is 1. The van der Waals surface area contributed by atoms with E-state index in [-0.39, 0.29) is 5.91 Å². The summed E-state index contributed by atoms with van der Waals surface area (Å²) in [6.45, 7) is 3.00. The quantitative estimate of drug-likeness (QED) is 0.827. The fraction of sp³-hybridized carbons (Fsp3) is 0.500. The predicted molar refractivity (Wildman–Crippen MR) is 72.5 cm³/mol. The van der Waals surface area contributed by atoms with Crippen molar-refractivity contribution in [3.05, 3.63) is 24.3 Å². The third kappa shape index (κ3) is 2.57. The molecule has 0 radical (unpaired) electrons. The van der Waals surface area contributed by atoms with Crippen LogP contribution in [0.4, 0.5) is 11.4 Å². The van der Waals surface area contributed by atoms with Crippen molar-refractivity contribution < 1.29 is 14.3 Å². The normalized spacial score (nSPS) is 23.2. The maximum Gasteiger partial charge on any atom is 0.258 e. The summed E-state index contributed by atoms with van der Waals surface area (Å²) >= 11 is 0. The number of carbonyl (C=O) groups excluding carboxylic acids is 1. The lowest BCUT2D eigenvalue weighted by Gasteiger charge is -2.29. The Labute approximate surface area is 112 Å². The number of para-hydroxylation sites is 2. The first-order valence-corrected chi connectivity index (χ1v) is 6.70. The molecule has 19 heavy (non-hydrogen) atoms. The van der Waals surface area contributed by atoms with Crippen molar-refractivity contribution >= 4 is 17.3 Å². The molecule has 1 saturated heterocycles. The molecule has 1 fully saturated rings. The smallest absolute Gasteiger partial charge is 0.258 e. The van der Waals surface area contributed by atoms with E-state index in [9.17, 15) is 4.79 Å². The van der Waals surface area contributed by atoms with Crippen molar-refractivity contribution in [1.29, 1.82) is 0 Å². The number of ether oxygens (including phenoxy) is 2. The number of carbonyl (C=O) groups is 1. The number of hydrogen-bond acceptors (Lipinski definition) is 4. The Morgan fingerprint density at radius 2 is 2.21 bits per heavy atom. The predicted octanol–water partition coefficient (Wildman–Crippen LogP) is 1.25. The van der Waals surface area contributed by atoms with E-state index in [1.807, 2.05) is 29.2 Å². The second kappa shape index (κ2) is 5.59. The van der Waals surface area contributed by atoms with E-state index < -0.39 is 6.10 Å². The Balaban J connectivity index is 1.84. The molecule has 102 valence electrons. The van der Waals surface area contributed by atoms with Gasteiger partial charge in [0.2, 0.25) is 0 Å². The molecule has 1 unspecified atom stereocenters. The standard InChI is InChI=1S/C14H18N2O3/c17-14(13-10-18-8-9-19-13)16-7-3-6-15-11-4-1-2-5-12(11)16/h1-2,4-5,13,15H,3,6-10H2. The van der Waals surface area contributed by atoms with Crippen molar-refractivity contribution in [2.24, 2.45) is 0 Å². The van der Waals surface area contributed by atoms with E-state index >= 15 is 0 Å². The van der Waals surface area contributed by atoms with Crippen molar-refractivity contribution in [3.63, 3.8) is 0 Å². The molecule has 5 nitrogen and oxygen atoms in total. The molecule has 0 aromatic heterocycles. The third-order valence-electron chi connectivity index (χ3n) is 3.43. The van der Waals surface area contributed by atoms with Gasteiger partial charge in [-0.25, -0.2) is 0 Å². The molecule has 5 heteroatoms. The Kier molecular flexibility index (Phi) is 3.66. The fourth-order valence-electron chi connectivity index (χ4n) is 2.47. The summed E-state index contributed by atoms with van der Waals surface area (Å²) in [7, 11) is 0. The molecular weight excluding hydrogens is 244 g/mol. The minimum absolute atomic E-state index is 0.00384. The van der Waals surface area contributed by atoms with Crippen LogP contribution in [0.5, 0.6) is 0 Å². The molecule has 1 aromatic rings. The molecule has 0 bridgehead atoms. The second-order valence-electron chi connectivity index (χ2n) is 4.72. The van der Waals surface area contributed by atoms with E-state index in [0.717, 1.165) is 24.3 Å². The van der Waals surface area contributed by atoms with Gasteiger partial charge in [-0.3, -0.25) is 4.79 Å². The molecule has 1 atom stereocenters. The Hall–Kier alpha value is -1.59. The van der Waals surface area contributed by atoms with Crippen molar-refractivity contribution in [2.75, 3.05) is 43.1 Å². The van der Waals surface area contributed by atoms with Gasteiger partial charge in [-0.2, -0.15) is 0 Å². The molecule has 2 aliphatic heterocycles. The van der Waals surface area contributed by atoms with Gasteiger partial charge in [0, 0.05) is 13.1 Å². The highest BCUT2D eigenvalue weighted by molar-refractivity contribution is 5.99. The van der Waals surface area contributed by atoms with E-state index in [1.54, 1.807) is 0 Å². The minimum Gasteiger partial charge on any atom is -0.383 e. The highest BCUT2D eigenvalue weighted by Crippen LogP contribution is 2.28. The van der Waals surface area contributed by atoms with Crippen LogP contribution in [0.2, 0.25) is 0 Å². The van der Waals surface area contributed by atoms with Crippen LogP contribution in [0.15, 0.2) is 24.3 Å². The summed E-state index contributed by atoms with van der Waals surface area (Å²) in [5, 5.41) is 3.35. The molecule has 2 aliphatic rings. The van der Waals surface area contributed by atoms with Gasteiger partial charge < -0.3 is 19.7 Å². The Morgan fingerprint density at radius 3 is 3.05 bits per heavy atom. The molecule has 0 spiro atoms. The van der Waals surface area contributed by atoms with Crippen LogP contribution in [0.3, 0.4) is 0 Å². The van der Waals surface area contributed by atoms with Crippen LogP contribution in [-0.4, -0.2) is 44.9 Å². The maximum atomic E-state index is 12.6. The zero-order chi connectivity index (χ0) is 13.1. The summed E-state index contributed by atoms with van der Waals surface area (Å²) in [5.41, 5.74) is 1.93. The number of rotatable bonds is 1. The summed E-state index contributed by atoms with van der Waals surface area (Å²) < 4.78 is 10.8. The molecule has 2 heterocycles. The summed E-state index contributed by atoms with van der Waals surface area (Å²) in [5.74, 6) is -0.00384. The topological polar surface area (TPSA) is 50.8 Å². The van der Waals surface area contributed by atoms with Crippen molar-refractivity contribution in [2.45, 2.75) is 12.5 Å². The van der Waals surface area contributed by atoms with Crippen LogP contribution in [0.1, 0.15) is 6.42 Å². The highest BCUT2D eigenvalue weighted by Gasteiger charge is 2.30. The molecule has 0 saturated carbocycles. The van der Waals surface area contributed by atoms with Crippen molar-refractivity contribution in [3.8, 4) is 0 Å². The van der Waals surface area contributed by atoms with E-state index in [1.165, 1.54) is 0 Å². The van der Waals surface area contributed by atoms with Gasteiger partial charge in [-0.15, -0.1) is 0 Å². The molecular formula is C14H18N2O3. The highest BCUT2D eigenvalue weighted by atomic mass is 16.6. The first kappa shape index (κ1) is 12.4. The summed E-state index contributed by atoms with van der Waals surface area (Å²) in [4.78, 5) is 14.4. The maximum absolute atomic E-state index is 12.6. The Morgan fingerprint density at radius 1 is 1.32 bits per heavy atom. The average Bonchev–Trinajstić information content (AvgIpc) is 2.70. The van der Waals surface area contributed by atoms with E-state index in [2.05, 4.69) is 5.32 Å². The minimum atomic E-state index is -0.472. The second-order valence-corrected chi connectivity index (χ2v) is 4.72. The number of benzene rings is 1. The largest absolute Gasteiger partial charge is 0.383 e. The van der Waals surface area contributed by atoms with Crippen molar-refractivity contribution in [1.82, 2.24) is 0 Å². The van der Waals surface area contributed by atoms with Gasteiger partial charge >= 0.3 is 0 Å². The first-order valence-electron chi connectivity index (χ1n) is 6.70. The third-order valence-corrected chi connectivity index (χ3v) is 3.43. The first-order chi connectivity index (χ1) is 9.36. The van der Waals surface area contributed by atoms with Gasteiger partial charge in [-0.1, -0.05) is 12.1 Å². The van der Waals surface area contributed by atoms with Crippen LogP contribution < -0.4 is 10.2 Å². The van der Waals surface area contributed by atoms with Crippen LogP contribution in [0, 0.1) is 0 Å². The SMILES string of the molecule is O=C(C1COCCO1)N1CCCNc2ccccc21. The van der Waals surface area contributed by atoms with E-state index in [4.69, 9.17) is 9.47 Å². The van der Waals surface area contributed by atoms with Gasteiger partial charge in [0.1, 0.15) is 0 Å². The molecule has 0 aliphatic carbocycles. The zero-order valence-electron chi connectivity index (χ0n) is 10.8. The van der Waals surface area contributed by atoms with E-state index in [0.29, 0.717) is 26.4 Å². The van der Waals surface area contributed by atoms with Crippen LogP contribution in [-0.2, 0) is 14.3 Å². The number of hydrogen-bond donors (Lipinski definition) is 1. The molecule has 1 aromatic carbocycles. The molecule has 3 rings (SSSR count). The number of amides is 1. The lowest BCUT2D eigenvalue weighted by atomic mass is 10.2. The zero-order valence-corrected chi connectivity index (χ0v) is 10.8. The lowest BCUT2D eigenvalue weighted by Crippen LogP contribution is -2.45. The van der Waals surface area contributed by atoms with Gasteiger partial charge in [0.25, 0.3) is 5.91 Å². The number of nitrogens with one attached hydrogen (secondary N) is 1. The summed E-state index contributed by atoms with van der Waals surface area (Å²) in [6, 6.07) is 7.89. The number of anilines is 2. The van der Waals surface area contributed by atoms with Crippen LogP contribution in [0.25, 0.3) is 0 Å². The lowest BCUT2D eigenvalue weighted by molar-refractivity contribution is -0.144. The van der Waals surface area contributed by atoms with Crippen LogP contribution >= 0.6 is 0 Å². The molecule has 1 amide bonds. The van der Waals surface area contributed by atoms with Gasteiger partial charge in [0.15, 0.2) is 6.10 Å². The summed E-state index contributed by atoms with van der Waals surface area (Å²) in [6.07, 6.45) is 0.452. The van der Waals surface area contributed by atoms with Gasteiger partial charge in [-0.05, 0) is 18.6 Å². The Bertz CT molecular complexity index is 458. The fourth-order valence-corrected chi connectivity index (χ4v) is 2.47. The molecule has 1 N–H and O–H groups in total.